The summed E-state index contributed by atoms with van der Waals surface area (Å²) in [4.78, 5) is 15.1. The molecule has 0 bridgehead atoms. The van der Waals surface area contributed by atoms with E-state index >= 15 is 0 Å². The van der Waals surface area contributed by atoms with Crippen LogP contribution in [0.3, 0.4) is 0 Å². The number of aromatic nitrogens is 3. The zero-order valence-corrected chi connectivity index (χ0v) is 13.4. The number of thiazole rings is 1. The Bertz CT molecular complexity index is 907. The maximum Gasteiger partial charge on any atom is 0.317 e. The molecule has 0 spiro atoms. The molecule has 1 aliphatic carbocycles. The minimum atomic E-state index is -0.449. The highest BCUT2D eigenvalue weighted by Crippen LogP contribution is 2.37. The summed E-state index contributed by atoms with van der Waals surface area (Å²) in [6.45, 7) is 0. The standard InChI is InChI=1S/C16H13FN4O2S/c17-11-5-4-10-2-1-3-13(12(10)8-11)20-9-14(21(22)23)15(19-20)16-18-6-7-24-16/h4-9,13H,1-3H2/t13-/m0/s1. The molecule has 4 rings (SSSR count). The number of nitrogens with zero attached hydrogens (tertiary/aromatic N) is 4. The Kier molecular flexibility index (Phi) is 3.61. The second-order valence-corrected chi connectivity index (χ2v) is 6.58. The summed E-state index contributed by atoms with van der Waals surface area (Å²) in [5.74, 6) is -0.303. The molecule has 0 amide bonds. The van der Waals surface area contributed by atoms with E-state index in [1.807, 2.05) is 0 Å². The van der Waals surface area contributed by atoms with Gasteiger partial charge in [0.2, 0.25) is 0 Å². The van der Waals surface area contributed by atoms with E-state index in [2.05, 4.69) is 10.1 Å². The first-order chi connectivity index (χ1) is 11.6. The Balaban J connectivity index is 1.83. The van der Waals surface area contributed by atoms with Crippen LogP contribution in [-0.2, 0) is 6.42 Å². The second kappa shape index (κ2) is 5.79. The van der Waals surface area contributed by atoms with Crippen LogP contribution < -0.4 is 0 Å². The van der Waals surface area contributed by atoms with Gasteiger partial charge in [0, 0.05) is 11.6 Å². The molecule has 1 aromatic carbocycles. The van der Waals surface area contributed by atoms with Crippen molar-refractivity contribution in [1.82, 2.24) is 14.8 Å². The molecular formula is C16H13FN4O2S. The van der Waals surface area contributed by atoms with Crippen LogP contribution in [0.1, 0.15) is 30.0 Å². The maximum absolute atomic E-state index is 13.7. The summed E-state index contributed by atoms with van der Waals surface area (Å²) in [5.41, 5.74) is 2.11. The molecule has 2 aromatic heterocycles. The molecule has 1 aliphatic rings. The van der Waals surface area contributed by atoms with E-state index < -0.39 is 4.92 Å². The Labute approximate surface area is 140 Å². The molecule has 1 atom stereocenters. The van der Waals surface area contributed by atoms with Crippen LogP contribution in [-0.4, -0.2) is 19.7 Å². The van der Waals surface area contributed by atoms with Crippen molar-refractivity contribution in [3.05, 3.63) is 63.0 Å². The average molecular weight is 344 g/mol. The van der Waals surface area contributed by atoms with Crippen molar-refractivity contribution in [3.63, 3.8) is 0 Å². The van der Waals surface area contributed by atoms with Gasteiger partial charge >= 0.3 is 5.69 Å². The molecular weight excluding hydrogens is 331 g/mol. The first kappa shape index (κ1) is 14.9. The smallest absolute Gasteiger partial charge is 0.258 e. The molecule has 0 fully saturated rings. The van der Waals surface area contributed by atoms with Crippen LogP contribution in [0.5, 0.6) is 0 Å². The van der Waals surface area contributed by atoms with Gasteiger partial charge in [-0.2, -0.15) is 5.10 Å². The molecule has 0 aliphatic heterocycles. The van der Waals surface area contributed by atoms with Gasteiger partial charge in [-0.25, -0.2) is 9.37 Å². The first-order valence-electron chi connectivity index (χ1n) is 7.55. The van der Waals surface area contributed by atoms with E-state index in [-0.39, 0.29) is 23.2 Å². The Morgan fingerprint density at radius 2 is 2.29 bits per heavy atom. The molecule has 2 heterocycles. The van der Waals surface area contributed by atoms with Crippen molar-refractivity contribution in [3.8, 4) is 10.7 Å². The predicted octanol–water partition coefficient (Wildman–Crippen LogP) is 3.98. The summed E-state index contributed by atoms with van der Waals surface area (Å²) in [5, 5.41) is 18.1. The highest BCUT2D eigenvalue weighted by atomic mass is 32.1. The van der Waals surface area contributed by atoms with Gasteiger partial charge in [-0.1, -0.05) is 6.07 Å². The summed E-state index contributed by atoms with van der Waals surface area (Å²) in [6, 6.07) is 4.55. The van der Waals surface area contributed by atoms with Crippen LogP contribution in [0, 0.1) is 15.9 Å². The summed E-state index contributed by atoms with van der Waals surface area (Å²) in [7, 11) is 0. The molecule has 0 saturated heterocycles. The van der Waals surface area contributed by atoms with Crippen LogP contribution in [0.15, 0.2) is 36.0 Å². The normalized spacial score (nSPS) is 16.8. The predicted molar refractivity (Wildman–Crippen MR) is 87.5 cm³/mol. The van der Waals surface area contributed by atoms with Crippen molar-refractivity contribution in [2.45, 2.75) is 25.3 Å². The number of nitro groups is 1. The van der Waals surface area contributed by atoms with Crippen molar-refractivity contribution in [2.75, 3.05) is 0 Å². The van der Waals surface area contributed by atoms with Gasteiger partial charge in [0.1, 0.15) is 12.0 Å². The Morgan fingerprint density at radius 1 is 1.42 bits per heavy atom. The van der Waals surface area contributed by atoms with Crippen LogP contribution in [0.25, 0.3) is 10.7 Å². The van der Waals surface area contributed by atoms with Crippen molar-refractivity contribution in [2.24, 2.45) is 0 Å². The van der Waals surface area contributed by atoms with E-state index in [4.69, 9.17) is 0 Å². The monoisotopic (exact) mass is 344 g/mol. The van der Waals surface area contributed by atoms with Gasteiger partial charge < -0.3 is 0 Å². The number of fused-ring (bicyclic) bond motifs is 1. The summed E-state index contributed by atoms with van der Waals surface area (Å²) >= 11 is 1.30. The maximum atomic E-state index is 13.7. The van der Waals surface area contributed by atoms with Gasteiger partial charge in [-0.05, 0) is 42.5 Å². The van der Waals surface area contributed by atoms with E-state index in [1.54, 1.807) is 22.3 Å². The third-order valence-corrected chi connectivity index (χ3v) is 5.03. The topological polar surface area (TPSA) is 73.8 Å². The lowest BCUT2D eigenvalue weighted by Crippen LogP contribution is -2.18. The molecule has 0 radical (unpaired) electrons. The highest BCUT2D eigenvalue weighted by Gasteiger charge is 2.29. The fourth-order valence-electron chi connectivity index (χ4n) is 3.19. The van der Waals surface area contributed by atoms with E-state index in [9.17, 15) is 14.5 Å². The lowest BCUT2D eigenvalue weighted by molar-refractivity contribution is -0.384. The number of hydrogen-bond donors (Lipinski definition) is 0. The lowest BCUT2D eigenvalue weighted by atomic mass is 9.88. The molecule has 122 valence electrons. The second-order valence-electron chi connectivity index (χ2n) is 5.69. The Morgan fingerprint density at radius 3 is 3.04 bits per heavy atom. The fraction of sp³-hybridized carbons (Fsp3) is 0.250. The molecule has 3 aromatic rings. The largest absolute Gasteiger partial charge is 0.317 e. The summed E-state index contributed by atoms with van der Waals surface area (Å²) in [6.07, 6.45) is 5.61. The molecule has 0 saturated carbocycles. The molecule has 24 heavy (non-hydrogen) atoms. The molecule has 8 heteroatoms. The van der Waals surface area contributed by atoms with Crippen molar-refractivity contribution < 1.29 is 9.31 Å². The molecule has 0 unspecified atom stereocenters. The van der Waals surface area contributed by atoms with Crippen LogP contribution in [0.2, 0.25) is 0 Å². The minimum Gasteiger partial charge on any atom is -0.258 e. The van der Waals surface area contributed by atoms with E-state index in [0.29, 0.717) is 5.01 Å². The zero-order chi connectivity index (χ0) is 16.7. The van der Waals surface area contributed by atoms with Crippen LogP contribution >= 0.6 is 11.3 Å². The Hall–Kier alpha value is -2.61. The summed E-state index contributed by atoms with van der Waals surface area (Å²) < 4.78 is 15.3. The number of benzene rings is 1. The van der Waals surface area contributed by atoms with Crippen molar-refractivity contribution >= 4 is 17.0 Å². The number of halogens is 1. The van der Waals surface area contributed by atoms with E-state index in [0.717, 1.165) is 30.4 Å². The average Bonchev–Trinajstić information content (AvgIpc) is 3.23. The van der Waals surface area contributed by atoms with Gasteiger partial charge in [0.15, 0.2) is 10.7 Å². The number of hydrogen-bond acceptors (Lipinski definition) is 5. The van der Waals surface area contributed by atoms with Gasteiger partial charge in [-0.15, -0.1) is 11.3 Å². The zero-order valence-electron chi connectivity index (χ0n) is 12.6. The SMILES string of the molecule is O=[N+]([O-])c1cn([C@H]2CCCc3ccc(F)cc32)nc1-c1nccs1. The molecule has 6 nitrogen and oxygen atoms in total. The third-order valence-electron chi connectivity index (χ3n) is 4.25. The highest BCUT2D eigenvalue weighted by molar-refractivity contribution is 7.13. The lowest BCUT2D eigenvalue weighted by Gasteiger charge is -2.25. The third kappa shape index (κ3) is 2.48. The molecule has 0 N–H and O–H groups in total. The van der Waals surface area contributed by atoms with E-state index in [1.165, 1.54) is 29.7 Å². The number of aryl methyl sites for hydroxylation is 1. The quantitative estimate of drug-likeness (QED) is 0.532. The van der Waals surface area contributed by atoms with Gasteiger partial charge in [-0.3, -0.25) is 14.8 Å². The van der Waals surface area contributed by atoms with Gasteiger partial charge in [0.25, 0.3) is 0 Å². The first-order valence-corrected chi connectivity index (χ1v) is 8.43. The van der Waals surface area contributed by atoms with Gasteiger partial charge in [0.05, 0.1) is 11.0 Å². The van der Waals surface area contributed by atoms with Crippen molar-refractivity contribution in [1.29, 1.82) is 0 Å². The fourth-order valence-corrected chi connectivity index (χ4v) is 3.82. The number of rotatable bonds is 3. The minimum absolute atomic E-state index is 0.0755. The van der Waals surface area contributed by atoms with Crippen LogP contribution in [0.4, 0.5) is 10.1 Å².